The molecule has 1 amide bonds. The molecule has 1 fully saturated rings. The molecule has 162 valence electrons. The number of carbonyl (C=O) groups excluding carboxylic acids is 2. The fraction of sp³-hybridized carbons (Fsp3) is 0.375. The number of hydrogen-bond donors (Lipinski definition) is 3. The van der Waals surface area contributed by atoms with Crippen LogP contribution < -0.4 is 10.2 Å². The largest absolute Gasteiger partial charge is 0.465 e. The molecule has 0 saturated carbocycles. The number of anilines is 1. The van der Waals surface area contributed by atoms with E-state index in [2.05, 4.69) is 41.0 Å². The summed E-state index contributed by atoms with van der Waals surface area (Å²) in [5, 5.41) is 2.91. The molecule has 31 heavy (non-hydrogen) atoms. The smallest absolute Gasteiger partial charge is 0.337 e. The number of ether oxygens (including phenoxy) is 1. The number of hydrogen-bond acceptors (Lipinski definition) is 4. The Labute approximate surface area is 181 Å². The minimum absolute atomic E-state index is 0.0195. The van der Waals surface area contributed by atoms with Gasteiger partial charge in [-0.25, -0.2) is 9.78 Å². The lowest BCUT2D eigenvalue weighted by atomic mass is 9.96. The molecule has 0 radical (unpaired) electrons. The van der Waals surface area contributed by atoms with Crippen LogP contribution >= 0.6 is 0 Å². The van der Waals surface area contributed by atoms with Crippen LogP contribution in [0.2, 0.25) is 0 Å². The number of likely N-dealkylation sites (tertiary alicyclic amines) is 1. The molecule has 0 atom stereocenters. The molecular formula is C24H29N4O3+. The molecule has 1 aliphatic rings. The third kappa shape index (κ3) is 4.77. The summed E-state index contributed by atoms with van der Waals surface area (Å²) >= 11 is 0. The van der Waals surface area contributed by atoms with Gasteiger partial charge in [-0.15, -0.1) is 0 Å². The van der Waals surface area contributed by atoms with Crippen LogP contribution in [0.1, 0.15) is 46.1 Å². The van der Waals surface area contributed by atoms with Gasteiger partial charge in [-0.1, -0.05) is 0 Å². The number of methoxy groups -OCH3 is 1. The van der Waals surface area contributed by atoms with Gasteiger partial charge in [0.15, 0.2) is 6.54 Å². The molecule has 3 aromatic rings. The first-order chi connectivity index (χ1) is 14.9. The minimum atomic E-state index is -0.389. The number of imidazole rings is 1. The lowest BCUT2D eigenvalue weighted by Crippen LogP contribution is -3.14. The van der Waals surface area contributed by atoms with Crippen LogP contribution in [0.4, 0.5) is 5.69 Å². The zero-order valence-electron chi connectivity index (χ0n) is 18.2. The first-order valence-corrected chi connectivity index (χ1v) is 10.7. The summed E-state index contributed by atoms with van der Waals surface area (Å²) in [5.41, 5.74) is 5.81. The quantitative estimate of drug-likeness (QED) is 0.552. The predicted octanol–water partition coefficient (Wildman–Crippen LogP) is 2.37. The van der Waals surface area contributed by atoms with Crippen molar-refractivity contribution in [1.29, 1.82) is 0 Å². The molecule has 3 N–H and O–H groups in total. The second kappa shape index (κ2) is 8.89. The number of H-pyrrole nitrogens is 1. The number of quaternary nitrogens is 1. The highest BCUT2D eigenvalue weighted by atomic mass is 16.5. The van der Waals surface area contributed by atoms with E-state index in [1.54, 1.807) is 24.3 Å². The summed E-state index contributed by atoms with van der Waals surface area (Å²) < 4.78 is 4.69. The number of rotatable bonds is 5. The summed E-state index contributed by atoms with van der Waals surface area (Å²) in [4.78, 5) is 33.6. The lowest BCUT2D eigenvalue weighted by molar-refractivity contribution is -0.897. The van der Waals surface area contributed by atoms with Crippen molar-refractivity contribution in [1.82, 2.24) is 9.97 Å². The van der Waals surface area contributed by atoms with Crippen molar-refractivity contribution in [3.63, 3.8) is 0 Å². The fourth-order valence-corrected chi connectivity index (χ4v) is 4.20. The van der Waals surface area contributed by atoms with Gasteiger partial charge in [0, 0.05) is 24.4 Å². The van der Waals surface area contributed by atoms with Crippen molar-refractivity contribution >= 4 is 28.6 Å². The van der Waals surface area contributed by atoms with E-state index in [0.29, 0.717) is 23.7 Å². The number of aromatic nitrogens is 2. The van der Waals surface area contributed by atoms with E-state index in [0.717, 1.165) is 42.8 Å². The predicted molar refractivity (Wildman–Crippen MR) is 120 cm³/mol. The molecule has 0 bridgehead atoms. The number of nitrogens with zero attached hydrogens (tertiary/aromatic N) is 1. The first-order valence-electron chi connectivity index (χ1n) is 10.7. The highest BCUT2D eigenvalue weighted by Gasteiger charge is 2.27. The fourth-order valence-electron chi connectivity index (χ4n) is 4.20. The summed E-state index contributed by atoms with van der Waals surface area (Å²) in [5.74, 6) is 1.06. The van der Waals surface area contributed by atoms with Crippen molar-refractivity contribution in [2.75, 3.05) is 32.1 Å². The number of piperidine rings is 1. The summed E-state index contributed by atoms with van der Waals surface area (Å²) in [6, 6.07) is 11.1. The van der Waals surface area contributed by atoms with E-state index in [1.165, 1.54) is 23.1 Å². The zero-order valence-corrected chi connectivity index (χ0v) is 18.2. The van der Waals surface area contributed by atoms with E-state index in [1.807, 2.05) is 0 Å². The van der Waals surface area contributed by atoms with Crippen LogP contribution in [-0.2, 0) is 9.53 Å². The van der Waals surface area contributed by atoms with Crippen molar-refractivity contribution in [2.45, 2.75) is 32.6 Å². The van der Waals surface area contributed by atoms with Gasteiger partial charge >= 0.3 is 5.97 Å². The van der Waals surface area contributed by atoms with Crippen molar-refractivity contribution in [3.05, 3.63) is 58.9 Å². The summed E-state index contributed by atoms with van der Waals surface area (Å²) in [7, 11) is 1.35. The van der Waals surface area contributed by atoms with Gasteiger partial charge < -0.3 is 19.9 Å². The molecule has 2 heterocycles. The van der Waals surface area contributed by atoms with Gasteiger partial charge in [0.2, 0.25) is 0 Å². The lowest BCUT2D eigenvalue weighted by Gasteiger charge is -2.27. The molecule has 7 heteroatoms. The molecule has 0 aliphatic carbocycles. The number of aromatic amines is 1. The van der Waals surface area contributed by atoms with Crippen molar-refractivity contribution in [3.8, 4) is 0 Å². The van der Waals surface area contributed by atoms with E-state index in [-0.39, 0.29) is 11.9 Å². The van der Waals surface area contributed by atoms with Crippen LogP contribution in [-0.4, -0.2) is 48.6 Å². The van der Waals surface area contributed by atoms with Crippen LogP contribution in [0.5, 0.6) is 0 Å². The Kier molecular flexibility index (Phi) is 6.04. The molecule has 0 spiro atoms. The van der Waals surface area contributed by atoms with Crippen LogP contribution in [0, 0.1) is 13.8 Å². The number of carbonyl (C=O) groups is 2. The molecule has 7 nitrogen and oxygen atoms in total. The van der Waals surface area contributed by atoms with Gasteiger partial charge in [0.05, 0.1) is 36.8 Å². The second-order valence-electron chi connectivity index (χ2n) is 8.39. The first kappa shape index (κ1) is 21.1. The number of benzene rings is 2. The Morgan fingerprint density at radius 3 is 2.48 bits per heavy atom. The maximum absolute atomic E-state index is 12.4. The third-order valence-corrected chi connectivity index (χ3v) is 6.20. The monoisotopic (exact) mass is 421 g/mol. The third-order valence-electron chi connectivity index (χ3n) is 6.20. The summed E-state index contributed by atoms with van der Waals surface area (Å²) in [6.45, 7) is 6.55. The highest BCUT2D eigenvalue weighted by molar-refractivity contribution is 5.93. The highest BCUT2D eigenvalue weighted by Crippen LogP contribution is 2.25. The Bertz CT molecular complexity index is 1060. The van der Waals surface area contributed by atoms with E-state index in [9.17, 15) is 9.59 Å². The Morgan fingerprint density at radius 2 is 1.81 bits per heavy atom. The molecule has 1 saturated heterocycles. The molecular weight excluding hydrogens is 392 g/mol. The molecule has 2 aromatic carbocycles. The molecule has 1 aromatic heterocycles. The van der Waals surface area contributed by atoms with Gasteiger partial charge in [-0.2, -0.15) is 0 Å². The molecule has 1 aliphatic heterocycles. The maximum atomic E-state index is 12.4. The van der Waals surface area contributed by atoms with Crippen molar-refractivity contribution < 1.29 is 19.2 Å². The maximum Gasteiger partial charge on any atom is 0.337 e. The van der Waals surface area contributed by atoms with Gasteiger partial charge in [0.1, 0.15) is 5.82 Å². The number of aryl methyl sites for hydroxylation is 2. The van der Waals surface area contributed by atoms with Gasteiger partial charge in [-0.3, -0.25) is 4.79 Å². The van der Waals surface area contributed by atoms with E-state index < -0.39 is 0 Å². The Hall–Kier alpha value is -3.19. The van der Waals surface area contributed by atoms with Crippen molar-refractivity contribution in [2.24, 2.45) is 0 Å². The number of esters is 1. The van der Waals surface area contributed by atoms with E-state index >= 15 is 0 Å². The second-order valence-corrected chi connectivity index (χ2v) is 8.39. The average molecular weight is 422 g/mol. The van der Waals surface area contributed by atoms with Crippen LogP contribution in [0.3, 0.4) is 0 Å². The Balaban J connectivity index is 1.30. The molecule has 0 unspecified atom stereocenters. The standard InChI is InChI=1S/C24H28N4O3/c1-15-12-20-21(13-16(15)2)27-23(26-20)17-8-10-28(11-9-17)14-22(29)25-19-6-4-18(5-7-19)24(30)31-3/h4-7,12-13,17H,8-11,14H2,1-3H3,(H,25,29)(H,26,27)/p+1. The van der Waals surface area contributed by atoms with Gasteiger partial charge in [0.25, 0.3) is 5.91 Å². The average Bonchev–Trinajstić information content (AvgIpc) is 3.17. The topological polar surface area (TPSA) is 88.5 Å². The Morgan fingerprint density at radius 1 is 1.13 bits per heavy atom. The SMILES string of the molecule is COC(=O)c1ccc(NC(=O)C[NH+]2CCC(c3nc4cc(C)c(C)cc4[nH]3)CC2)cc1. The zero-order chi connectivity index (χ0) is 22.0. The number of nitrogens with one attached hydrogen (secondary N) is 3. The summed E-state index contributed by atoms with van der Waals surface area (Å²) in [6.07, 6.45) is 2.02. The molecule has 4 rings (SSSR count). The van der Waals surface area contributed by atoms with Crippen LogP contribution in [0.15, 0.2) is 36.4 Å². The van der Waals surface area contributed by atoms with Gasteiger partial charge in [-0.05, 0) is 61.4 Å². The number of fused-ring (bicyclic) bond motifs is 1. The van der Waals surface area contributed by atoms with E-state index in [4.69, 9.17) is 4.98 Å². The number of amides is 1. The van der Waals surface area contributed by atoms with Crippen LogP contribution in [0.25, 0.3) is 11.0 Å². The minimum Gasteiger partial charge on any atom is -0.465 e. The normalized spacial score (nSPS) is 18.7.